The van der Waals surface area contributed by atoms with Crippen LogP contribution in [0.25, 0.3) is 0 Å². The lowest BCUT2D eigenvalue weighted by atomic mass is 9.99. The van der Waals surface area contributed by atoms with Crippen molar-refractivity contribution < 1.29 is 13.5 Å². The summed E-state index contributed by atoms with van der Waals surface area (Å²) in [6.07, 6.45) is 0.157. The van der Waals surface area contributed by atoms with Crippen LogP contribution >= 0.6 is 0 Å². The summed E-state index contributed by atoms with van der Waals surface area (Å²) in [5, 5.41) is 9.58. The van der Waals surface area contributed by atoms with E-state index in [4.69, 9.17) is 0 Å². The first kappa shape index (κ1) is 13.9. The van der Waals surface area contributed by atoms with Crippen LogP contribution in [0.5, 0.6) is 0 Å². The minimum atomic E-state index is -3.33. The molecule has 1 aliphatic rings. The molecule has 1 fully saturated rings. The number of aliphatic hydroxyl groups excluding tert-OH is 1. The highest BCUT2D eigenvalue weighted by atomic mass is 32.2. The normalized spacial score (nSPS) is 28.6. The Labute approximate surface area is 98.2 Å². The van der Waals surface area contributed by atoms with Gasteiger partial charge >= 0.3 is 0 Å². The molecule has 1 saturated heterocycles. The highest BCUT2D eigenvalue weighted by Gasteiger charge is 2.34. The molecule has 1 rings (SSSR count). The Hall–Kier alpha value is -0.170. The molecule has 0 radical (unpaired) electrons. The van der Waals surface area contributed by atoms with E-state index in [1.54, 1.807) is 0 Å². The van der Waals surface area contributed by atoms with Gasteiger partial charge in [0.2, 0.25) is 0 Å². The lowest BCUT2D eigenvalue weighted by molar-refractivity contribution is 0.0609. The van der Waals surface area contributed by atoms with E-state index in [-0.39, 0.29) is 12.0 Å². The maximum absolute atomic E-state index is 12.2. The van der Waals surface area contributed by atoms with Gasteiger partial charge in [0, 0.05) is 26.2 Å². The zero-order valence-corrected chi connectivity index (χ0v) is 11.1. The molecule has 0 amide bonds. The van der Waals surface area contributed by atoms with Gasteiger partial charge in [0.05, 0.1) is 6.10 Å². The fourth-order valence-corrected chi connectivity index (χ4v) is 3.76. The molecule has 2 atom stereocenters. The Morgan fingerprint density at radius 1 is 1.38 bits per heavy atom. The Kier molecular flexibility index (Phi) is 4.73. The van der Waals surface area contributed by atoms with Gasteiger partial charge in [-0.3, -0.25) is 0 Å². The number of aliphatic hydroxyl groups is 1. The van der Waals surface area contributed by atoms with Gasteiger partial charge in [0.15, 0.2) is 0 Å². The lowest BCUT2D eigenvalue weighted by Gasteiger charge is -2.36. The minimum Gasteiger partial charge on any atom is -0.393 e. The number of piperidine rings is 1. The zero-order valence-electron chi connectivity index (χ0n) is 10.3. The summed E-state index contributed by atoms with van der Waals surface area (Å²) in [7, 11) is -3.33. The third-order valence-electron chi connectivity index (χ3n) is 3.18. The van der Waals surface area contributed by atoms with Gasteiger partial charge in [0.25, 0.3) is 10.2 Å². The van der Waals surface area contributed by atoms with Crippen LogP contribution in [0, 0.1) is 5.92 Å². The third-order valence-corrected chi connectivity index (χ3v) is 5.33. The van der Waals surface area contributed by atoms with Crippen LogP contribution in [0.1, 0.15) is 27.2 Å². The summed E-state index contributed by atoms with van der Waals surface area (Å²) in [5.41, 5.74) is 0. The molecule has 0 spiro atoms. The predicted octanol–water partition coefficient (Wildman–Crippen LogP) is 0.276. The summed E-state index contributed by atoms with van der Waals surface area (Å²) in [4.78, 5) is 0. The molecule has 1 heterocycles. The first-order valence-electron chi connectivity index (χ1n) is 5.86. The second-order valence-electron chi connectivity index (χ2n) is 4.28. The largest absolute Gasteiger partial charge is 0.393 e. The van der Waals surface area contributed by atoms with Crippen LogP contribution in [0.2, 0.25) is 0 Å². The Balaban J connectivity index is 2.77. The van der Waals surface area contributed by atoms with Crippen molar-refractivity contribution in [3.63, 3.8) is 0 Å². The van der Waals surface area contributed by atoms with Crippen molar-refractivity contribution in [2.24, 2.45) is 5.92 Å². The average Bonchev–Trinajstić information content (AvgIpc) is 2.23. The summed E-state index contributed by atoms with van der Waals surface area (Å²) in [5.74, 6) is 0.0130. The molecular formula is C10H22N2O3S. The molecule has 0 aromatic rings. The van der Waals surface area contributed by atoms with E-state index in [0.717, 1.165) is 0 Å². The number of nitrogens with zero attached hydrogens (tertiary/aromatic N) is 2. The minimum absolute atomic E-state index is 0.0130. The first-order chi connectivity index (χ1) is 7.43. The van der Waals surface area contributed by atoms with Gasteiger partial charge in [-0.15, -0.1) is 0 Å². The molecule has 5 nitrogen and oxygen atoms in total. The molecule has 1 N–H and O–H groups in total. The summed E-state index contributed by atoms with van der Waals surface area (Å²) in [6.45, 7) is 7.38. The fraction of sp³-hybridized carbons (Fsp3) is 1.00. The standard InChI is InChI=1S/C10H22N2O3S/c1-4-11(5-2)16(14,15)12-7-6-10(13)9(3)8-12/h9-10,13H,4-8H2,1-3H3. The van der Waals surface area contributed by atoms with E-state index in [2.05, 4.69) is 0 Å². The number of rotatable bonds is 4. The summed E-state index contributed by atoms with van der Waals surface area (Å²) in [6, 6.07) is 0. The molecule has 2 unspecified atom stereocenters. The maximum atomic E-state index is 12.2. The van der Waals surface area contributed by atoms with Crippen LogP contribution in [0.4, 0.5) is 0 Å². The summed E-state index contributed by atoms with van der Waals surface area (Å²) >= 11 is 0. The SMILES string of the molecule is CCN(CC)S(=O)(=O)N1CCC(O)C(C)C1. The Morgan fingerprint density at radius 3 is 2.38 bits per heavy atom. The van der Waals surface area contributed by atoms with Gasteiger partial charge < -0.3 is 5.11 Å². The molecule has 0 bridgehead atoms. The van der Waals surface area contributed by atoms with Crippen LogP contribution in [-0.4, -0.2) is 54.4 Å². The van der Waals surface area contributed by atoms with E-state index >= 15 is 0 Å². The van der Waals surface area contributed by atoms with E-state index in [0.29, 0.717) is 32.6 Å². The van der Waals surface area contributed by atoms with E-state index < -0.39 is 10.2 Å². The van der Waals surface area contributed by atoms with Crippen molar-refractivity contribution in [3.8, 4) is 0 Å². The fourth-order valence-electron chi connectivity index (χ4n) is 2.02. The molecule has 16 heavy (non-hydrogen) atoms. The van der Waals surface area contributed by atoms with Crippen molar-refractivity contribution in [3.05, 3.63) is 0 Å². The van der Waals surface area contributed by atoms with Crippen molar-refractivity contribution in [1.82, 2.24) is 8.61 Å². The molecule has 0 aromatic carbocycles. The number of hydrogen-bond acceptors (Lipinski definition) is 3. The molecular weight excluding hydrogens is 228 g/mol. The van der Waals surface area contributed by atoms with Gasteiger partial charge in [-0.1, -0.05) is 20.8 Å². The number of hydrogen-bond donors (Lipinski definition) is 1. The monoisotopic (exact) mass is 250 g/mol. The van der Waals surface area contributed by atoms with Gasteiger partial charge in [-0.2, -0.15) is 17.0 Å². The summed E-state index contributed by atoms with van der Waals surface area (Å²) < 4.78 is 27.3. The third kappa shape index (κ3) is 2.74. The highest BCUT2D eigenvalue weighted by Crippen LogP contribution is 2.20. The van der Waals surface area contributed by atoms with Gasteiger partial charge in [-0.05, 0) is 12.3 Å². The van der Waals surface area contributed by atoms with Crippen LogP contribution in [-0.2, 0) is 10.2 Å². The second kappa shape index (κ2) is 5.44. The molecule has 0 saturated carbocycles. The van der Waals surface area contributed by atoms with Crippen LogP contribution in [0.15, 0.2) is 0 Å². The van der Waals surface area contributed by atoms with E-state index in [9.17, 15) is 13.5 Å². The van der Waals surface area contributed by atoms with E-state index in [1.165, 1.54) is 8.61 Å². The van der Waals surface area contributed by atoms with Crippen molar-refractivity contribution in [2.45, 2.75) is 33.3 Å². The molecule has 0 aliphatic carbocycles. The second-order valence-corrected chi connectivity index (χ2v) is 6.21. The quantitative estimate of drug-likeness (QED) is 0.779. The topological polar surface area (TPSA) is 60.9 Å². The van der Waals surface area contributed by atoms with Crippen LogP contribution in [0.3, 0.4) is 0 Å². The molecule has 96 valence electrons. The molecule has 0 aromatic heterocycles. The van der Waals surface area contributed by atoms with Crippen LogP contribution < -0.4 is 0 Å². The van der Waals surface area contributed by atoms with Gasteiger partial charge in [0.1, 0.15) is 0 Å². The van der Waals surface area contributed by atoms with Crippen molar-refractivity contribution in [2.75, 3.05) is 26.2 Å². The van der Waals surface area contributed by atoms with Gasteiger partial charge in [-0.25, -0.2) is 0 Å². The Bertz CT molecular complexity index is 314. The smallest absolute Gasteiger partial charge is 0.281 e. The highest BCUT2D eigenvalue weighted by molar-refractivity contribution is 7.86. The molecule has 1 aliphatic heterocycles. The van der Waals surface area contributed by atoms with Crippen molar-refractivity contribution >= 4 is 10.2 Å². The lowest BCUT2D eigenvalue weighted by Crippen LogP contribution is -2.50. The van der Waals surface area contributed by atoms with E-state index in [1.807, 2.05) is 20.8 Å². The maximum Gasteiger partial charge on any atom is 0.281 e. The first-order valence-corrected chi connectivity index (χ1v) is 7.26. The zero-order chi connectivity index (χ0) is 12.3. The molecule has 6 heteroatoms. The Morgan fingerprint density at radius 2 is 1.94 bits per heavy atom. The average molecular weight is 250 g/mol. The predicted molar refractivity (Wildman–Crippen MR) is 63.2 cm³/mol. The van der Waals surface area contributed by atoms with Crippen molar-refractivity contribution in [1.29, 1.82) is 0 Å².